The molecule has 0 aliphatic rings. The molecule has 102 valence electrons. The Labute approximate surface area is 112 Å². The molecule has 0 saturated heterocycles. The molecule has 0 atom stereocenters. The molecular weight excluding hydrogens is 268 g/mol. The molecule has 8 heteroatoms. The molecule has 2 aromatic heterocycles. The lowest BCUT2D eigenvalue weighted by atomic mass is 10.2. The van der Waals surface area contributed by atoms with E-state index in [9.17, 15) is 9.59 Å². The number of rotatable bonds is 3. The number of hydrogen-bond donors (Lipinski definition) is 2. The normalized spacial score (nSPS) is 9.80. The van der Waals surface area contributed by atoms with Crippen molar-refractivity contribution in [2.45, 2.75) is 0 Å². The summed E-state index contributed by atoms with van der Waals surface area (Å²) in [5, 5.41) is 17.1. The predicted molar refractivity (Wildman–Crippen MR) is 64.8 cm³/mol. The van der Waals surface area contributed by atoms with Crippen LogP contribution in [0.1, 0.15) is 0 Å². The molecule has 0 aliphatic heterocycles. The topological polar surface area (TPSA) is 119 Å². The minimum Gasteiger partial charge on any atom is -0.449 e. The highest BCUT2D eigenvalue weighted by Gasteiger charge is 2.08. The number of hydrogen-bond acceptors (Lipinski definition) is 6. The summed E-state index contributed by atoms with van der Waals surface area (Å²) in [5.74, 6) is 0.155. The molecular formula is C12H8N2O6. The highest BCUT2D eigenvalue weighted by atomic mass is 16.7. The minimum atomic E-state index is -1.45. The summed E-state index contributed by atoms with van der Waals surface area (Å²) in [6.45, 7) is 0. The van der Waals surface area contributed by atoms with Crippen LogP contribution < -0.4 is 9.47 Å². The third-order valence-corrected chi connectivity index (χ3v) is 2.14. The second-order valence-electron chi connectivity index (χ2n) is 3.49. The third-order valence-electron chi connectivity index (χ3n) is 2.14. The zero-order valence-corrected chi connectivity index (χ0v) is 9.89. The van der Waals surface area contributed by atoms with Crippen molar-refractivity contribution >= 4 is 12.3 Å². The van der Waals surface area contributed by atoms with Crippen molar-refractivity contribution in [3.8, 4) is 22.9 Å². The molecule has 2 rings (SSSR count). The van der Waals surface area contributed by atoms with Crippen molar-refractivity contribution in [2.24, 2.45) is 0 Å². The Morgan fingerprint density at radius 2 is 1.25 bits per heavy atom. The molecule has 20 heavy (non-hydrogen) atoms. The van der Waals surface area contributed by atoms with Crippen LogP contribution in [0.4, 0.5) is 9.59 Å². The molecule has 0 bridgehead atoms. The fourth-order valence-corrected chi connectivity index (χ4v) is 1.43. The Kier molecular flexibility index (Phi) is 3.75. The average Bonchev–Trinajstić information content (AvgIpc) is 2.38. The fraction of sp³-hybridized carbons (Fsp3) is 0. The van der Waals surface area contributed by atoms with Gasteiger partial charge in [0.1, 0.15) is 11.5 Å². The van der Waals surface area contributed by atoms with Gasteiger partial charge in [0.15, 0.2) is 0 Å². The molecule has 8 nitrogen and oxygen atoms in total. The van der Waals surface area contributed by atoms with E-state index in [4.69, 9.17) is 10.2 Å². The first-order valence-corrected chi connectivity index (χ1v) is 5.28. The maximum atomic E-state index is 10.4. The summed E-state index contributed by atoms with van der Waals surface area (Å²) in [4.78, 5) is 28.9. The number of pyridine rings is 2. The molecule has 0 aliphatic carbocycles. The SMILES string of the molecule is O=C(O)Oc1ccnc(-c2cc(OC(=O)O)ccn2)c1. The van der Waals surface area contributed by atoms with Gasteiger partial charge in [0, 0.05) is 24.5 Å². The first kappa shape index (κ1) is 13.3. The van der Waals surface area contributed by atoms with Crippen molar-refractivity contribution < 1.29 is 29.3 Å². The van der Waals surface area contributed by atoms with Crippen LogP contribution in [-0.2, 0) is 0 Å². The Morgan fingerprint density at radius 1 is 0.850 bits per heavy atom. The molecule has 0 amide bonds. The first-order chi connectivity index (χ1) is 9.54. The van der Waals surface area contributed by atoms with E-state index in [1.165, 1.54) is 36.7 Å². The van der Waals surface area contributed by atoms with Crippen molar-refractivity contribution in [1.29, 1.82) is 0 Å². The second-order valence-corrected chi connectivity index (χ2v) is 3.49. The monoisotopic (exact) mass is 276 g/mol. The lowest BCUT2D eigenvalue weighted by molar-refractivity contribution is 0.143. The van der Waals surface area contributed by atoms with Gasteiger partial charge in [0.2, 0.25) is 0 Å². The van der Waals surface area contributed by atoms with Crippen LogP contribution >= 0.6 is 0 Å². The fourth-order valence-electron chi connectivity index (χ4n) is 1.43. The van der Waals surface area contributed by atoms with Crippen LogP contribution in [0, 0.1) is 0 Å². The van der Waals surface area contributed by atoms with Crippen molar-refractivity contribution in [1.82, 2.24) is 9.97 Å². The van der Waals surface area contributed by atoms with Crippen LogP contribution in [0.15, 0.2) is 36.7 Å². The molecule has 0 radical (unpaired) electrons. The van der Waals surface area contributed by atoms with Crippen molar-refractivity contribution in [2.75, 3.05) is 0 Å². The predicted octanol–water partition coefficient (Wildman–Crippen LogP) is 2.26. The maximum absolute atomic E-state index is 10.4. The maximum Gasteiger partial charge on any atom is 0.511 e. The van der Waals surface area contributed by atoms with E-state index in [-0.39, 0.29) is 11.5 Å². The molecule has 0 spiro atoms. The molecule has 2 heterocycles. The Hall–Kier alpha value is -3.16. The lowest BCUT2D eigenvalue weighted by Crippen LogP contribution is -2.04. The number of carbonyl (C=O) groups is 2. The molecule has 0 saturated carbocycles. The molecule has 0 aromatic carbocycles. The van der Waals surface area contributed by atoms with Gasteiger partial charge in [-0.1, -0.05) is 0 Å². The van der Waals surface area contributed by atoms with Gasteiger partial charge in [0.05, 0.1) is 11.4 Å². The van der Waals surface area contributed by atoms with Crippen LogP contribution in [0.2, 0.25) is 0 Å². The number of aromatic nitrogens is 2. The summed E-state index contributed by atoms with van der Waals surface area (Å²) >= 11 is 0. The number of carboxylic acid groups (broad SMARTS) is 2. The van der Waals surface area contributed by atoms with Gasteiger partial charge in [0.25, 0.3) is 0 Å². The van der Waals surface area contributed by atoms with Crippen LogP contribution in [0.5, 0.6) is 11.5 Å². The third kappa shape index (κ3) is 3.42. The Morgan fingerprint density at radius 3 is 1.60 bits per heavy atom. The van der Waals surface area contributed by atoms with Gasteiger partial charge >= 0.3 is 12.3 Å². The zero-order chi connectivity index (χ0) is 14.5. The summed E-state index contributed by atoms with van der Waals surface area (Å²) in [6, 6.07) is 5.46. The van der Waals surface area contributed by atoms with E-state index >= 15 is 0 Å². The lowest BCUT2D eigenvalue weighted by Gasteiger charge is -2.04. The van der Waals surface area contributed by atoms with Crippen molar-refractivity contribution in [3.05, 3.63) is 36.7 Å². The largest absolute Gasteiger partial charge is 0.511 e. The Bertz CT molecular complexity index is 600. The van der Waals surface area contributed by atoms with Gasteiger partial charge in [-0.3, -0.25) is 9.97 Å². The second kappa shape index (κ2) is 5.65. The van der Waals surface area contributed by atoms with Crippen LogP contribution in [0.25, 0.3) is 11.4 Å². The summed E-state index contributed by atoms with van der Waals surface area (Å²) in [7, 11) is 0. The molecule has 2 N–H and O–H groups in total. The van der Waals surface area contributed by atoms with Gasteiger partial charge in [-0.05, 0) is 12.1 Å². The summed E-state index contributed by atoms with van der Waals surface area (Å²) in [6.07, 6.45) is -0.198. The van der Waals surface area contributed by atoms with E-state index in [0.717, 1.165) is 0 Å². The summed E-state index contributed by atoms with van der Waals surface area (Å²) in [5.41, 5.74) is 0.638. The van der Waals surface area contributed by atoms with Gasteiger partial charge in [-0.15, -0.1) is 0 Å². The van der Waals surface area contributed by atoms with Crippen molar-refractivity contribution in [3.63, 3.8) is 0 Å². The van der Waals surface area contributed by atoms with Gasteiger partial charge in [-0.25, -0.2) is 9.59 Å². The first-order valence-electron chi connectivity index (χ1n) is 5.28. The quantitative estimate of drug-likeness (QED) is 0.819. The van der Waals surface area contributed by atoms with Gasteiger partial charge < -0.3 is 19.7 Å². The number of nitrogens with zero attached hydrogens (tertiary/aromatic N) is 2. The van der Waals surface area contributed by atoms with Crippen LogP contribution in [-0.4, -0.2) is 32.5 Å². The van der Waals surface area contributed by atoms with E-state index in [0.29, 0.717) is 11.4 Å². The van der Waals surface area contributed by atoms with E-state index in [1.54, 1.807) is 0 Å². The minimum absolute atomic E-state index is 0.0776. The Balaban J connectivity index is 2.31. The standard InChI is InChI=1S/C12H8N2O6/c15-11(16)19-7-1-3-13-9(5-7)10-6-8(2-4-14-10)20-12(17)18/h1-6H,(H,15,16)(H,17,18). The van der Waals surface area contributed by atoms with E-state index in [1.807, 2.05) is 0 Å². The van der Waals surface area contributed by atoms with E-state index in [2.05, 4.69) is 19.4 Å². The van der Waals surface area contributed by atoms with Crippen LogP contribution in [0.3, 0.4) is 0 Å². The average molecular weight is 276 g/mol. The number of ether oxygens (including phenoxy) is 2. The molecule has 0 unspecified atom stereocenters. The highest BCUT2D eigenvalue weighted by Crippen LogP contribution is 2.23. The smallest absolute Gasteiger partial charge is 0.449 e. The highest BCUT2D eigenvalue weighted by molar-refractivity contribution is 5.65. The van der Waals surface area contributed by atoms with Gasteiger partial charge in [-0.2, -0.15) is 0 Å². The summed E-state index contributed by atoms with van der Waals surface area (Å²) < 4.78 is 8.99. The molecule has 0 fully saturated rings. The zero-order valence-electron chi connectivity index (χ0n) is 9.89. The molecule has 2 aromatic rings. The van der Waals surface area contributed by atoms with E-state index < -0.39 is 12.3 Å².